The summed E-state index contributed by atoms with van der Waals surface area (Å²) in [6.07, 6.45) is 8.01. The molecule has 80 valence electrons. The van der Waals surface area contributed by atoms with Crippen molar-refractivity contribution in [1.29, 1.82) is 0 Å². The number of carbonyl (C=O) groups excluding carboxylic acids is 1. The minimum absolute atomic E-state index is 0.123. The Morgan fingerprint density at radius 2 is 2.00 bits per heavy atom. The summed E-state index contributed by atoms with van der Waals surface area (Å²) < 4.78 is 0. The second-order valence-electron chi connectivity index (χ2n) is 3.40. The summed E-state index contributed by atoms with van der Waals surface area (Å²) in [7, 11) is 0. The second kappa shape index (κ2) is 7.51. The molecule has 0 aliphatic heterocycles. The van der Waals surface area contributed by atoms with E-state index in [2.05, 4.69) is 0 Å². The Labute approximate surface area is 86.3 Å². The molecule has 2 atom stereocenters. The van der Waals surface area contributed by atoms with Crippen LogP contribution in [0.5, 0.6) is 0 Å². The molecule has 0 heterocycles. The zero-order valence-corrected chi connectivity index (χ0v) is 9.23. The van der Waals surface area contributed by atoms with E-state index in [-0.39, 0.29) is 17.8 Å². The van der Waals surface area contributed by atoms with Gasteiger partial charge in [-0.15, -0.1) is 0 Å². The van der Waals surface area contributed by atoms with Crippen molar-refractivity contribution in [3.63, 3.8) is 0 Å². The number of rotatable bonds is 6. The highest BCUT2D eigenvalue weighted by molar-refractivity contribution is 5.89. The zero-order chi connectivity index (χ0) is 11.0. The molecule has 1 N–H and O–H groups in total. The quantitative estimate of drug-likeness (QED) is 0.523. The van der Waals surface area contributed by atoms with Crippen LogP contribution in [0.1, 0.15) is 33.6 Å². The number of allylic oxidation sites excluding steroid dienone is 3. The number of aliphatic hydroxyl groups is 1. The summed E-state index contributed by atoms with van der Waals surface area (Å²) in [4.78, 5) is 10.9. The number of carbonyl (C=O) groups is 1. The van der Waals surface area contributed by atoms with Crippen LogP contribution in [0.25, 0.3) is 0 Å². The molecule has 0 aliphatic rings. The maximum atomic E-state index is 10.9. The topological polar surface area (TPSA) is 37.3 Å². The Kier molecular flexibility index (Phi) is 7.03. The number of aliphatic hydroxyl groups excluding tert-OH is 1. The van der Waals surface area contributed by atoms with Crippen LogP contribution in [-0.2, 0) is 4.79 Å². The lowest BCUT2D eigenvalue weighted by atomic mass is 10.0. The Balaban J connectivity index is 3.93. The van der Waals surface area contributed by atoms with E-state index >= 15 is 0 Å². The largest absolute Gasteiger partial charge is 0.393 e. The summed E-state index contributed by atoms with van der Waals surface area (Å²) in [5, 5.41) is 9.44. The van der Waals surface area contributed by atoms with Gasteiger partial charge in [-0.25, -0.2) is 0 Å². The molecule has 0 aromatic rings. The Hall–Kier alpha value is -0.890. The highest BCUT2D eigenvalue weighted by atomic mass is 16.3. The number of ketones is 1. The van der Waals surface area contributed by atoms with Gasteiger partial charge in [0.25, 0.3) is 0 Å². The average molecular weight is 196 g/mol. The molecule has 14 heavy (non-hydrogen) atoms. The lowest BCUT2D eigenvalue weighted by Gasteiger charge is -2.11. The van der Waals surface area contributed by atoms with Crippen LogP contribution in [-0.4, -0.2) is 17.0 Å². The SMILES string of the molecule is CCC(=O)/C=C/C=C/[C@H](C)[C@H](O)CC. The fraction of sp³-hybridized carbons (Fsp3) is 0.583. The van der Waals surface area contributed by atoms with Crippen LogP contribution in [0, 0.1) is 5.92 Å². The van der Waals surface area contributed by atoms with E-state index in [0.29, 0.717) is 6.42 Å². The Morgan fingerprint density at radius 3 is 2.50 bits per heavy atom. The fourth-order valence-electron chi connectivity index (χ4n) is 1.02. The van der Waals surface area contributed by atoms with Gasteiger partial charge in [-0.1, -0.05) is 39.0 Å². The molecule has 0 fully saturated rings. The van der Waals surface area contributed by atoms with Crippen LogP contribution in [0.2, 0.25) is 0 Å². The van der Waals surface area contributed by atoms with E-state index < -0.39 is 0 Å². The standard InChI is InChI=1S/C12H20O2/c1-4-11(13)9-7-6-8-10(3)12(14)5-2/h6-10,12,14H,4-5H2,1-3H3/b8-6+,9-7+/t10-,12+/m0/s1. The second-order valence-corrected chi connectivity index (χ2v) is 3.40. The maximum absolute atomic E-state index is 10.9. The summed E-state index contributed by atoms with van der Waals surface area (Å²) in [6, 6.07) is 0. The van der Waals surface area contributed by atoms with Crippen LogP contribution in [0.3, 0.4) is 0 Å². The van der Waals surface area contributed by atoms with Gasteiger partial charge in [0.15, 0.2) is 5.78 Å². The number of hydrogen-bond acceptors (Lipinski definition) is 2. The molecule has 0 radical (unpaired) electrons. The fourth-order valence-corrected chi connectivity index (χ4v) is 1.02. The van der Waals surface area contributed by atoms with Crippen molar-refractivity contribution < 1.29 is 9.90 Å². The van der Waals surface area contributed by atoms with Crippen LogP contribution in [0.4, 0.5) is 0 Å². The molecular formula is C12H20O2. The smallest absolute Gasteiger partial charge is 0.155 e. The third kappa shape index (κ3) is 5.70. The Morgan fingerprint density at radius 1 is 1.36 bits per heavy atom. The average Bonchev–Trinajstić information content (AvgIpc) is 2.22. The highest BCUT2D eigenvalue weighted by Crippen LogP contribution is 2.07. The molecule has 0 rings (SSSR count). The predicted molar refractivity (Wildman–Crippen MR) is 59.0 cm³/mol. The lowest BCUT2D eigenvalue weighted by Crippen LogP contribution is -2.13. The first-order valence-corrected chi connectivity index (χ1v) is 5.17. The van der Waals surface area contributed by atoms with Gasteiger partial charge in [-0.3, -0.25) is 4.79 Å². The molecule has 0 spiro atoms. The van der Waals surface area contributed by atoms with Crippen LogP contribution < -0.4 is 0 Å². The van der Waals surface area contributed by atoms with E-state index in [1.807, 2.05) is 32.9 Å². The summed E-state index contributed by atoms with van der Waals surface area (Å²) in [5.74, 6) is 0.264. The molecule has 0 saturated heterocycles. The normalized spacial score (nSPS) is 16.3. The van der Waals surface area contributed by atoms with Crippen molar-refractivity contribution in [3.8, 4) is 0 Å². The molecule has 0 aromatic carbocycles. The van der Waals surface area contributed by atoms with Gasteiger partial charge in [0.1, 0.15) is 0 Å². The molecule has 0 saturated carbocycles. The van der Waals surface area contributed by atoms with E-state index in [4.69, 9.17) is 0 Å². The van der Waals surface area contributed by atoms with Gasteiger partial charge in [-0.05, 0) is 12.5 Å². The Bertz CT molecular complexity index is 216. The van der Waals surface area contributed by atoms with E-state index in [0.717, 1.165) is 6.42 Å². The highest BCUT2D eigenvalue weighted by Gasteiger charge is 2.06. The van der Waals surface area contributed by atoms with Gasteiger partial charge in [0, 0.05) is 12.3 Å². The van der Waals surface area contributed by atoms with Crippen molar-refractivity contribution in [3.05, 3.63) is 24.3 Å². The molecular weight excluding hydrogens is 176 g/mol. The molecule has 0 unspecified atom stereocenters. The van der Waals surface area contributed by atoms with Crippen molar-refractivity contribution in [2.24, 2.45) is 5.92 Å². The third-order valence-electron chi connectivity index (χ3n) is 2.18. The molecule has 2 heteroatoms. The zero-order valence-electron chi connectivity index (χ0n) is 9.23. The van der Waals surface area contributed by atoms with Crippen molar-refractivity contribution in [2.45, 2.75) is 39.7 Å². The summed E-state index contributed by atoms with van der Waals surface area (Å²) >= 11 is 0. The molecule has 0 aliphatic carbocycles. The predicted octanol–water partition coefficient (Wildman–Crippen LogP) is 2.48. The van der Waals surface area contributed by atoms with Crippen LogP contribution in [0.15, 0.2) is 24.3 Å². The van der Waals surface area contributed by atoms with E-state index in [1.165, 1.54) is 0 Å². The summed E-state index contributed by atoms with van der Waals surface area (Å²) in [6.45, 7) is 5.74. The molecule has 2 nitrogen and oxygen atoms in total. The first-order valence-electron chi connectivity index (χ1n) is 5.17. The molecule has 0 aromatic heterocycles. The van der Waals surface area contributed by atoms with E-state index in [9.17, 15) is 9.90 Å². The first-order chi connectivity index (χ1) is 6.61. The number of hydrogen-bond donors (Lipinski definition) is 1. The van der Waals surface area contributed by atoms with Gasteiger partial charge < -0.3 is 5.11 Å². The summed E-state index contributed by atoms with van der Waals surface area (Å²) in [5.41, 5.74) is 0. The minimum Gasteiger partial charge on any atom is -0.393 e. The third-order valence-corrected chi connectivity index (χ3v) is 2.18. The van der Waals surface area contributed by atoms with Crippen molar-refractivity contribution >= 4 is 5.78 Å². The molecule has 0 bridgehead atoms. The van der Waals surface area contributed by atoms with Gasteiger partial charge in [-0.2, -0.15) is 0 Å². The van der Waals surface area contributed by atoms with Gasteiger partial charge >= 0.3 is 0 Å². The first kappa shape index (κ1) is 13.1. The van der Waals surface area contributed by atoms with Crippen LogP contribution >= 0.6 is 0 Å². The van der Waals surface area contributed by atoms with Crippen molar-refractivity contribution in [2.75, 3.05) is 0 Å². The van der Waals surface area contributed by atoms with Gasteiger partial charge in [0.2, 0.25) is 0 Å². The lowest BCUT2D eigenvalue weighted by molar-refractivity contribution is -0.114. The van der Waals surface area contributed by atoms with E-state index in [1.54, 1.807) is 12.2 Å². The molecule has 0 amide bonds. The minimum atomic E-state index is -0.290. The van der Waals surface area contributed by atoms with Gasteiger partial charge in [0.05, 0.1) is 6.10 Å². The monoisotopic (exact) mass is 196 g/mol. The maximum Gasteiger partial charge on any atom is 0.155 e. The van der Waals surface area contributed by atoms with Crippen molar-refractivity contribution in [1.82, 2.24) is 0 Å².